The number of aryl methyl sites for hydroxylation is 1. The van der Waals surface area contributed by atoms with Crippen molar-refractivity contribution >= 4 is 29.6 Å². The molecule has 2 amide bonds. The van der Waals surface area contributed by atoms with Crippen LogP contribution in [0.25, 0.3) is 0 Å². The van der Waals surface area contributed by atoms with Crippen LogP contribution in [0.1, 0.15) is 78.9 Å². The molecule has 1 aromatic carbocycles. The van der Waals surface area contributed by atoms with E-state index in [4.69, 9.17) is 21.1 Å². The van der Waals surface area contributed by atoms with Gasteiger partial charge in [-0.05, 0) is 84.4 Å². The van der Waals surface area contributed by atoms with E-state index in [0.29, 0.717) is 50.6 Å². The van der Waals surface area contributed by atoms with E-state index in [-0.39, 0.29) is 36.4 Å². The Hall–Kier alpha value is -2.32. The van der Waals surface area contributed by atoms with Crippen molar-refractivity contribution in [3.05, 3.63) is 34.3 Å². The summed E-state index contributed by atoms with van der Waals surface area (Å²) in [6, 6.07) is 5.76. The van der Waals surface area contributed by atoms with E-state index in [0.717, 1.165) is 11.1 Å². The summed E-state index contributed by atoms with van der Waals surface area (Å²) in [4.78, 5) is 43.4. The molecule has 0 aromatic heterocycles. The van der Waals surface area contributed by atoms with Gasteiger partial charge in [-0.15, -0.1) is 0 Å². The Balaban J connectivity index is 1.74. The summed E-state index contributed by atoms with van der Waals surface area (Å²) in [6.45, 7) is 17.8. The number of nitrogens with zero attached hydrogens (tertiary/aromatic N) is 2. The molecule has 0 unspecified atom stereocenters. The van der Waals surface area contributed by atoms with Gasteiger partial charge in [-0.2, -0.15) is 0 Å². The van der Waals surface area contributed by atoms with E-state index in [1.807, 2.05) is 73.6 Å². The van der Waals surface area contributed by atoms with E-state index >= 15 is 0 Å². The molecule has 1 aromatic rings. The molecule has 2 heterocycles. The Morgan fingerprint density at radius 1 is 1.05 bits per heavy atom. The molecule has 9 heteroatoms. The van der Waals surface area contributed by atoms with Crippen LogP contribution in [0.3, 0.4) is 0 Å². The number of carbonyl (C=O) groups is 3. The SMILES string of the molecule is Cc1cccc(Cl)c1CN1C[C@H](C)[C@](CC(=O)OC(C)(C)C)(C(=O)NC2CCN(C(=O)OC(C)(C)C)CC2)C1. The number of amides is 2. The first kappa shape index (κ1) is 31.2. The molecule has 1 N–H and O–H groups in total. The maximum absolute atomic E-state index is 14.0. The van der Waals surface area contributed by atoms with Crippen molar-refractivity contribution in [3.63, 3.8) is 0 Å². The van der Waals surface area contributed by atoms with E-state index in [2.05, 4.69) is 10.2 Å². The highest BCUT2D eigenvalue weighted by atomic mass is 35.5. The summed E-state index contributed by atoms with van der Waals surface area (Å²) in [6.07, 6.45) is 0.935. The van der Waals surface area contributed by atoms with Crippen LogP contribution in [0.5, 0.6) is 0 Å². The summed E-state index contributed by atoms with van der Waals surface area (Å²) in [7, 11) is 0. The fraction of sp³-hybridized carbons (Fsp3) is 0.700. The molecule has 2 aliphatic rings. The number of rotatable bonds is 6. The van der Waals surface area contributed by atoms with Gasteiger partial charge in [0.05, 0.1) is 11.8 Å². The molecule has 2 atom stereocenters. The second-order valence-corrected chi connectivity index (χ2v) is 13.6. The zero-order chi connectivity index (χ0) is 29.2. The van der Waals surface area contributed by atoms with Gasteiger partial charge in [-0.25, -0.2) is 4.79 Å². The van der Waals surface area contributed by atoms with E-state index in [1.54, 1.807) is 4.90 Å². The maximum atomic E-state index is 14.0. The van der Waals surface area contributed by atoms with Gasteiger partial charge in [0, 0.05) is 43.8 Å². The third-order valence-corrected chi connectivity index (χ3v) is 7.88. The number of esters is 1. The lowest BCUT2D eigenvalue weighted by molar-refractivity contribution is -0.161. The average Bonchev–Trinajstić information content (AvgIpc) is 3.10. The maximum Gasteiger partial charge on any atom is 0.410 e. The Morgan fingerprint density at radius 2 is 1.67 bits per heavy atom. The Bertz CT molecular complexity index is 1040. The monoisotopic (exact) mass is 563 g/mol. The second-order valence-electron chi connectivity index (χ2n) is 13.2. The number of halogens is 1. The predicted molar refractivity (Wildman–Crippen MR) is 152 cm³/mol. The summed E-state index contributed by atoms with van der Waals surface area (Å²) in [5, 5.41) is 3.94. The van der Waals surface area contributed by atoms with E-state index in [1.165, 1.54) is 0 Å². The lowest BCUT2D eigenvalue weighted by Gasteiger charge is -2.37. The standard InChI is InChI=1S/C30H46ClN3O5/c1-20-10-9-11-24(31)23(20)18-33-17-21(2)30(19-33,16-25(35)38-28(3,4)5)26(36)32-22-12-14-34(15-13-22)27(37)39-29(6,7)8/h9-11,21-22H,12-19H2,1-8H3,(H,32,36)/t21-,30+/m0/s1. The van der Waals surface area contributed by atoms with Gasteiger partial charge in [-0.3, -0.25) is 14.5 Å². The summed E-state index contributed by atoms with van der Waals surface area (Å²) in [5.41, 5.74) is 0.0120. The average molecular weight is 564 g/mol. The number of ether oxygens (including phenoxy) is 2. The predicted octanol–water partition coefficient (Wildman–Crippen LogP) is 5.33. The van der Waals surface area contributed by atoms with Crippen LogP contribution < -0.4 is 5.32 Å². The van der Waals surface area contributed by atoms with Crippen LogP contribution in [0.15, 0.2) is 18.2 Å². The number of nitrogens with one attached hydrogen (secondary N) is 1. The molecule has 2 aliphatic heterocycles. The first-order valence-electron chi connectivity index (χ1n) is 14.0. The number of carbonyl (C=O) groups excluding carboxylic acids is 3. The number of hydrogen-bond acceptors (Lipinski definition) is 6. The molecule has 0 bridgehead atoms. The summed E-state index contributed by atoms with van der Waals surface area (Å²) >= 11 is 6.52. The third-order valence-electron chi connectivity index (χ3n) is 7.53. The van der Waals surface area contributed by atoms with Crippen molar-refractivity contribution in [2.75, 3.05) is 26.2 Å². The first-order valence-corrected chi connectivity index (χ1v) is 14.3. The summed E-state index contributed by atoms with van der Waals surface area (Å²) < 4.78 is 11.2. The fourth-order valence-corrected chi connectivity index (χ4v) is 5.78. The summed E-state index contributed by atoms with van der Waals surface area (Å²) in [5.74, 6) is -0.579. The number of likely N-dealkylation sites (tertiary alicyclic amines) is 2. The molecule has 39 heavy (non-hydrogen) atoms. The van der Waals surface area contributed by atoms with Gasteiger partial charge >= 0.3 is 12.1 Å². The molecule has 218 valence electrons. The zero-order valence-corrected chi connectivity index (χ0v) is 25.6. The van der Waals surface area contributed by atoms with Crippen molar-refractivity contribution in [2.24, 2.45) is 11.3 Å². The molecule has 2 saturated heterocycles. The van der Waals surface area contributed by atoms with Crippen molar-refractivity contribution in [1.29, 1.82) is 0 Å². The van der Waals surface area contributed by atoms with Crippen LogP contribution in [0.2, 0.25) is 5.02 Å². The number of benzene rings is 1. The van der Waals surface area contributed by atoms with Crippen LogP contribution in [-0.4, -0.2) is 71.2 Å². The van der Waals surface area contributed by atoms with Crippen LogP contribution >= 0.6 is 11.6 Å². The van der Waals surface area contributed by atoms with Crippen LogP contribution in [-0.2, 0) is 25.6 Å². The van der Waals surface area contributed by atoms with Gasteiger partial charge < -0.3 is 19.7 Å². The smallest absolute Gasteiger partial charge is 0.410 e. The normalized spacial score (nSPS) is 23.0. The Labute approximate surface area is 238 Å². The fourth-order valence-electron chi connectivity index (χ4n) is 5.50. The number of hydrogen-bond donors (Lipinski definition) is 1. The minimum absolute atomic E-state index is 0.00598. The third kappa shape index (κ3) is 8.34. The van der Waals surface area contributed by atoms with Crippen molar-refractivity contribution in [2.45, 2.75) is 98.4 Å². The quantitative estimate of drug-likeness (QED) is 0.470. The first-order chi connectivity index (χ1) is 18.0. The minimum Gasteiger partial charge on any atom is -0.460 e. The molecule has 0 radical (unpaired) electrons. The molecule has 0 spiro atoms. The van der Waals surface area contributed by atoms with Crippen molar-refractivity contribution in [3.8, 4) is 0 Å². The highest BCUT2D eigenvalue weighted by Crippen LogP contribution is 2.41. The molecular formula is C30H46ClN3O5. The van der Waals surface area contributed by atoms with Gasteiger partial charge in [-0.1, -0.05) is 30.7 Å². The molecule has 3 rings (SSSR count). The van der Waals surface area contributed by atoms with Gasteiger partial charge in [0.2, 0.25) is 5.91 Å². The Kier molecular flexibility index (Phi) is 9.64. The second kappa shape index (κ2) is 12.0. The van der Waals surface area contributed by atoms with Gasteiger partial charge in [0.15, 0.2) is 0 Å². The minimum atomic E-state index is -0.931. The van der Waals surface area contributed by atoms with E-state index < -0.39 is 16.6 Å². The van der Waals surface area contributed by atoms with Gasteiger partial charge in [0.25, 0.3) is 0 Å². The highest BCUT2D eigenvalue weighted by Gasteiger charge is 2.52. The van der Waals surface area contributed by atoms with Crippen LogP contribution in [0, 0.1) is 18.3 Å². The molecule has 0 aliphatic carbocycles. The van der Waals surface area contributed by atoms with Crippen LogP contribution in [0.4, 0.5) is 4.79 Å². The lowest BCUT2D eigenvalue weighted by Crippen LogP contribution is -2.54. The van der Waals surface area contributed by atoms with Gasteiger partial charge in [0.1, 0.15) is 11.2 Å². The van der Waals surface area contributed by atoms with E-state index in [9.17, 15) is 14.4 Å². The molecule has 2 fully saturated rings. The topological polar surface area (TPSA) is 88.2 Å². The lowest BCUT2D eigenvalue weighted by atomic mass is 9.75. The van der Waals surface area contributed by atoms with Crippen molar-refractivity contribution in [1.82, 2.24) is 15.1 Å². The number of piperidine rings is 1. The Morgan fingerprint density at radius 3 is 2.23 bits per heavy atom. The molecular weight excluding hydrogens is 518 g/mol. The van der Waals surface area contributed by atoms with Crippen molar-refractivity contribution < 1.29 is 23.9 Å². The highest BCUT2D eigenvalue weighted by molar-refractivity contribution is 6.31. The zero-order valence-electron chi connectivity index (χ0n) is 24.9. The molecule has 8 nitrogen and oxygen atoms in total. The largest absolute Gasteiger partial charge is 0.460 e. The molecule has 0 saturated carbocycles.